The van der Waals surface area contributed by atoms with Gasteiger partial charge in [-0.3, -0.25) is 10.1 Å². The van der Waals surface area contributed by atoms with Gasteiger partial charge in [0.2, 0.25) is 0 Å². The van der Waals surface area contributed by atoms with Gasteiger partial charge in [-0.05, 0) is 18.9 Å². The van der Waals surface area contributed by atoms with Crippen LogP contribution in [0.1, 0.15) is 19.3 Å². The first kappa shape index (κ1) is 13.9. The molecule has 0 aromatic heterocycles. The smallest absolute Gasteiger partial charge is 0.294 e. The van der Waals surface area contributed by atoms with E-state index in [0.29, 0.717) is 18.7 Å². The molecule has 5 nitrogen and oxygen atoms in total. The Balaban J connectivity index is 2.42. The van der Waals surface area contributed by atoms with Crippen LogP contribution in [0.5, 0.6) is 0 Å². The van der Waals surface area contributed by atoms with Gasteiger partial charge in [-0.25, -0.2) is 0 Å². The average molecular weight is 300 g/mol. The third-order valence-corrected chi connectivity index (χ3v) is 3.70. The molecule has 0 unspecified atom stereocenters. The molecule has 1 saturated carbocycles. The van der Waals surface area contributed by atoms with E-state index in [4.69, 9.17) is 28.5 Å². The van der Waals surface area contributed by atoms with Crippen LogP contribution in [0.25, 0.3) is 0 Å². The van der Waals surface area contributed by atoms with Gasteiger partial charge in [0.15, 0.2) is 0 Å². The first-order valence-electron chi connectivity index (χ1n) is 5.81. The van der Waals surface area contributed by atoms with Gasteiger partial charge >= 0.3 is 0 Å². The number of halogens is 2. The van der Waals surface area contributed by atoms with E-state index < -0.39 is 4.92 Å². The highest BCUT2D eigenvalue weighted by Gasteiger charge is 2.33. The lowest BCUT2D eigenvalue weighted by atomic mass is 10.2. The fourth-order valence-electron chi connectivity index (χ4n) is 1.96. The van der Waals surface area contributed by atoms with Crippen molar-refractivity contribution in [3.8, 4) is 6.07 Å². The van der Waals surface area contributed by atoms with E-state index in [2.05, 4.69) is 6.07 Å². The van der Waals surface area contributed by atoms with Crippen molar-refractivity contribution < 1.29 is 4.92 Å². The Morgan fingerprint density at radius 1 is 1.42 bits per heavy atom. The van der Waals surface area contributed by atoms with Crippen molar-refractivity contribution >= 4 is 34.6 Å². The van der Waals surface area contributed by atoms with E-state index in [1.807, 2.05) is 4.90 Å². The van der Waals surface area contributed by atoms with Gasteiger partial charge in [-0.1, -0.05) is 23.2 Å². The minimum Gasteiger partial charge on any atom is -0.362 e. The van der Waals surface area contributed by atoms with E-state index >= 15 is 0 Å². The molecule has 2 rings (SSSR count). The van der Waals surface area contributed by atoms with Gasteiger partial charge in [-0.15, -0.1) is 0 Å². The lowest BCUT2D eigenvalue weighted by molar-refractivity contribution is -0.384. The fourth-order valence-corrected chi connectivity index (χ4v) is 2.27. The highest BCUT2D eigenvalue weighted by Crippen LogP contribution is 2.40. The van der Waals surface area contributed by atoms with Gasteiger partial charge in [0.1, 0.15) is 5.69 Å². The van der Waals surface area contributed by atoms with Crippen molar-refractivity contribution in [1.82, 2.24) is 0 Å². The maximum atomic E-state index is 11.1. The quantitative estimate of drug-likeness (QED) is 0.613. The van der Waals surface area contributed by atoms with Gasteiger partial charge in [-0.2, -0.15) is 5.26 Å². The normalized spacial score (nSPS) is 13.9. The van der Waals surface area contributed by atoms with E-state index in [0.717, 1.165) is 12.8 Å². The number of benzene rings is 1. The number of anilines is 1. The predicted octanol–water partition coefficient (Wildman–Crippen LogP) is 3.78. The molecule has 0 heterocycles. The number of nitriles is 1. The van der Waals surface area contributed by atoms with Crippen LogP contribution in [0.3, 0.4) is 0 Å². The summed E-state index contributed by atoms with van der Waals surface area (Å²) in [5.41, 5.74) is 0.372. The van der Waals surface area contributed by atoms with Gasteiger partial charge in [0.25, 0.3) is 5.69 Å². The fraction of sp³-hybridized carbons (Fsp3) is 0.417. The monoisotopic (exact) mass is 299 g/mol. The van der Waals surface area contributed by atoms with Gasteiger partial charge in [0.05, 0.1) is 27.5 Å². The summed E-state index contributed by atoms with van der Waals surface area (Å²) in [6, 6.07) is 5.09. The maximum absolute atomic E-state index is 11.1. The van der Waals surface area contributed by atoms with Crippen molar-refractivity contribution in [3.63, 3.8) is 0 Å². The molecule has 0 amide bonds. The first-order valence-corrected chi connectivity index (χ1v) is 6.57. The van der Waals surface area contributed by atoms with Crippen molar-refractivity contribution in [1.29, 1.82) is 5.26 Å². The number of rotatable bonds is 5. The summed E-state index contributed by atoms with van der Waals surface area (Å²) in [5.74, 6) is 0. The molecule has 1 aliphatic rings. The molecular formula is C12H11Cl2N3O2. The average Bonchev–Trinajstić information content (AvgIpc) is 3.17. The molecule has 1 aromatic carbocycles. The van der Waals surface area contributed by atoms with Crippen molar-refractivity contribution in [3.05, 3.63) is 32.3 Å². The van der Waals surface area contributed by atoms with Crippen molar-refractivity contribution in [2.75, 3.05) is 11.4 Å². The Hall–Kier alpha value is -1.51. The first-order chi connectivity index (χ1) is 9.04. The molecular weight excluding hydrogens is 289 g/mol. The van der Waals surface area contributed by atoms with Crippen LogP contribution >= 0.6 is 23.2 Å². The lowest BCUT2D eigenvalue weighted by Crippen LogP contribution is -2.27. The molecule has 0 spiro atoms. The molecule has 1 aliphatic carbocycles. The molecule has 0 atom stereocenters. The van der Waals surface area contributed by atoms with E-state index in [1.165, 1.54) is 12.1 Å². The third-order valence-electron chi connectivity index (χ3n) is 2.98. The molecule has 0 saturated heterocycles. The Bertz CT molecular complexity index is 553. The van der Waals surface area contributed by atoms with Gasteiger partial charge < -0.3 is 4.90 Å². The van der Waals surface area contributed by atoms with Crippen molar-refractivity contribution in [2.45, 2.75) is 25.3 Å². The highest BCUT2D eigenvalue weighted by molar-refractivity contribution is 6.42. The summed E-state index contributed by atoms with van der Waals surface area (Å²) in [6.45, 7) is 0.458. The number of nitro benzene ring substituents is 1. The Kier molecular flexibility index (Phi) is 4.13. The molecule has 1 fully saturated rings. The zero-order chi connectivity index (χ0) is 14.0. The molecule has 0 N–H and O–H groups in total. The Morgan fingerprint density at radius 3 is 2.58 bits per heavy atom. The summed E-state index contributed by atoms with van der Waals surface area (Å²) in [4.78, 5) is 12.5. The lowest BCUT2D eigenvalue weighted by Gasteiger charge is -2.23. The van der Waals surface area contributed by atoms with Crippen LogP contribution in [0, 0.1) is 21.4 Å². The van der Waals surface area contributed by atoms with E-state index in [9.17, 15) is 10.1 Å². The number of hydrogen-bond donors (Lipinski definition) is 0. The van der Waals surface area contributed by atoms with E-state index in [1.54, 1.807) is 0 Å². The molecule has 0 aliphatic heterocycles. The Labute approximate surface area is 120 Å². The van der Waals surface area contributed by atoms with Crippen LogP contribution in [0.4, 0.5) is 11.4 Å². The summed E-state index contributed by atoms with van der Waals surface area (Å²) < 4.78 is 0. The topological polar surface area (TPSA) is 70.2 Å². The molecule has 7 heteroatoms. The predicted molar refractivity (Wildman–Crippen MR) is 73.7 cm³/mol. The second-order valence-corrected chi connectivity index (χ2v) is 5.16. The number of nitrogens with zero attached hydrogens (tertiary/aromatic N) is 3. The summed E-state index contributed by atoms with van der Waals surface area (Å²) in [6.07, 6.45) is 2.26. The largest absolute Gasteiger partial charge is 0.362 e. The molecule has 100 valence electrons. The van der Waals surface area contributed by atoms with Crippen LogP contribution in [0.2, 0.25) is 10.0 Å². The second kappa shape index (κ2) is 5.64. The third kappa shape index (κ3) is 3.09. The highest BCUT2D eigenvalue weighted by atomic mass is 35.5. The summed E-state index contributed by atoms with van der Waals surface area (Å²) in [5, 5.41) is 20.2. The van der Waals surface area contributed by atoms with E-state index in [-0.39, 0.29) is 21.8 Å². The van der Waals surface area contributed by atoms with Crippen LogP contribution in [-0.2, 0) is 0 Å². The molecule has 19 heavy (non-hydrogen) atoms. The van der Waals surface area contributed by atoms with Gasteiger partial charge in [0, 0.05) is 18.7 Å². The SMILES string of the molecule is N#CCCN(c1cc(Cl)c(Cl)cc1[N+](=O)[O-])C1CC1. The second-order valence-electron chi connectivity index (χ2n) is 4.34. The summed E-state index contributed by atoms with van der Waals surface area (Å²) in [7, 11) is 0. The maximum Gasteiger partial charge on any atom is 0.294 e. The molecule has 0 bridgehead atoms. The summed E-state index contributed by atoms with van der Waals surface area (Å²) >= 11 is 11.8. The minimum absolute atomic E-state index is 0.0701. The zero-order valence-electron chi connectivity index (χ0n) is 9.97. The zero-order valence-corrected chi connectivity index (χ0v) is 11.5. The molecule has 1 aromatic rings. The molecule has 0 radical (unpaired) electrons. The van der Waals surface area contributed by atoms with Crippen LogP contribution < -0.4 is 4.90 Å². The van der Waals surface area contributed by atoms with Crippen LogP contribution in [-0.4, -0.2) is 17.5 Å². The van der Waals surface area contributed by atoms with Crippen LogP contribution in [0.15, 0.2) is 12.1 Å². The Morgan fingerprint density at radius 2 is 2.05 bits per heavy atom. The number of hydrogen-bond acceptors (Lipinski definition) is 4. The number of nitro groups is 1. The van der Waals surface area contributed by atoms with Crippen molar-refractivity contribution in [2.24, 2.45) is 0 Å². The standard InChI is InChI=1S/C12H11Cl2N3O2/c13-9-6-11(12(17(18)19)7-10(9)14)16(5-1-4-15)8-2-3-8/h6-8H,1-3,5H2. The minimum atomic E-state index is -0.473.